The van der Waals surface area contributed by atoms with E-state index >= 15 is 0 Å². The van der Waals surface area contributed by atoms with Crippen LogP contribution in [0.15, 0.2) is 53.0 Å². The van der Waals surface area contributed by atoms with Crippen molar-refractivity contribution in [3.63, 3.8) is 0 Å². The highest BCUT2D eigenvalue weighted by atomic mass is 79.9. The molecule has 27 heavy (non-hydrogen) atoms. The highest BCUT2D eigenvalue weighted by Crippen LogP contribution is 2.19. The first-order valence-electron chi connectivity index (χ1n) is 8.71. The van der Waals surface area contributed by atoms with Crippen LogP contribution >= 0.6 is 28.1 Å². The van der Waals surface area contributed by atoms with Crippen molar-refractivity contribution in [3.05, 3.63) is 68.9 Å². The molecule has 1 heterocycles. The third-order valence-corrected chi connectivity index (χ3v) is 5.18. The molecule has 140 valence electrons. The molecule has 0 saturated carbocycles. The van der Waals surface area contributed by atoms with Crippen LogP contribution in [-0.4, -0.2) is 20.7 Å². The van der Waals surface area contributed by atoms with Gasteiger partial charge >= 0.3 is 0 Å². The maximum absolute atomic E-state index is 12.4. The summed E-state index contributed by atoms with van der Waals surface area (Å²) in [6, 6.07) is 15.9. The molecule has 0 aliphatic heterocycles. The number of rotatable bonds is 6. The number of hydrogen-bond acceptors (Lipinski definition) is 3. The lowest BCUT2D eigenvalue weighted by molar-refractivity contribution is -0.121. The maximum atomic E-state index is 12.4. The van der Waals surface area contributed by atoms with Gasteiger partial charge in [-0.3, -0.25) is 14.5 Å². The quantitative estimate of drug-likeness (QED) is 0.528. The van der Waals surface area contributed by atoms with Crippen LogP contribution < -0.4 is 5.32 Å². The van der Waals surface area contributed by atoms with Gasteiger partial charge in [-0.2, -0.15) is 5.10 Å². The van der Waals surface area contributed by atoms with Gasteiger partial charge in [-0.15, -0.1) is 0 Å². The molecule has 1 amide bonds. The predicted molar refractivity (Wildman–Crippen MR) is 113 cm³/mol. The molecule has 0 aliphatic rings. The molecule has 0 saturated heterocycles. The Morgan fingerprint density at radius 3 is 2.74 bits per heavy atom. The Morgan fingerprint density at radius 1 is 1.30 bits per heavy atom. The molecule has 1 atom stereocenters. The number of hydrogen-bond donors (Lipinski definition) is 2. The molecule has 0 unspecified atom stereocenters. The number of nitrogens with one attached hydrogen (secondary N) is 2. The van der Waals surface area contributed by atoms with Crippen LogP contribution in [0.5, 0.6) is 0 Å². The second kappa shape index (κ2) is 8.63. The average Bonchev–Trinajstić information content (AvgIpc) is 3.01. The molecule has 2 aromatic carbocycles. The number of halogens is 1. The molecule has 0 spiro atoms. The minimum atomic E-state index is -0.0563. The van der Waals surface area contributed by atoms with E-state index < -0.39 is 0 Å². The van der Waals surface area contributed by atoms with Gasteiger partial charge in [0, 0.05) is 23.0 Å². The normalized spacial score (nSPS) is 12.0. The van der Waals surface area contributed by atoms with Gasteiger partial charge in [0.2, 0.25) is 5.91 Å². The van der Waals surface area contributed by atoms with Crippen LogP contribution in [-0.2, 0) is 11.3 Å². The largest absolute Gasteiger partial charge is 0.350 e. The molecule has 0 bridgehead atoms. The van der Waals surface area contributed by atoms with E-state index in [-0.39, 0.29) is 11.9 Å². The van der Waals surface area contributed by atoms with Crippen molar-refractivity contribution in [2.24, 2.45) is 0 Å². The Balaban J connectivity index is 1.66. The third-order valence-electron chi connectivity index (χ3n) is 4.34. The molecule has 3 rings (SSSR count). The lowest BCUT2D eigenvalue weighted by atomic mass is 10.1. The SMILES string of the molecule is Cc1cccc(-c2n[nH]c(=S)n2CCC(=O)N[C@@H](C)c2ccc(Br)cc2)c1. The number of H-pyrrole nitrogens is 1. The van der Waals surface area contributed by atoms with Crippen molar-refractivity contribution in [3.8, 4) is 11.4 Å². The van der Waals surface area contributed by atoms with Crippen LogP contribution in [0.1, 0.15) is 30.5 Å². The molecule has 7 heteroatoms. The second-order valence-corrected chi connectivity index (χ2v) is 7.77. The molecule has 2 N–H and O–H groups in total. The number of nitrogens with zero attached hydrogens (tertiary/aromatic N) is 2. The molecule has 0 aliphatic carbocycles. The van der Waals surface area contributed by atoms with Gasteiger partial charge < -0.3 is 5.32 Å². The summed E-state index contributed by atoms with van der Waals surface area (Å²) in [6.07, 6.45) is 0.327. The first-order chi connectivity index (χ1) is 12.9. The van der Waals surface area contributed by atoms with E-state index in [9.17, 15) is 4.79 Å². The molecule has 1 aromatic heterocycles. The fourth-order valence-electron chi connectivity index (χ4n) is 2.89. The molecule has 0 fully saturated rings. The summed E-state index contributed by atoms with van der Waals surface area (Å²) in [5, 5.41) is 10.2. The van der Waals surface area contributed by atoms with Crippen molar-refractivity contribution < 1.29 is 4.79 Å². The van der Waals surface area contributed by atoms with E-state index in [2.05, 4.69) is 37.5 Å². The monoisotopic (exact) mass is 444 g/mol. The number of benzene rings is 2. The van der Waals surface area contributed by atoms with Gasteiger partial charge in [0.05, 0.1) is 6.04 Å². The number of carbonyl (C=O) groups excluding carboxylic acids is 1. The van der Waals surface area contributed by atoms with E-state index in [0.29, 0.717) is 17.7 Å². The van der Waals surface area contributed by atoms with Gasteiger partial charge in [0.25, 0.3) is 0 Å². The van der Waals surface area contributed by atoms with E-state index in [4.69, 9.17) is 12.2 Å². The summed E-state index contributed by atoms with van der Waals surface area (Å²) in [7, 11) is 0. The van der Waals surface area contributed by atoms with Crippen LogP contribution in [0.4, 0.5) is 0 Å². The van der Waals surface area contributed by atoms with Crippen molar-refractivity contribution in [1.29, 1.82) is 0 Å². The molecule has 0 radical (unpaired) electrons. The smallest absolute Gasteiger partial charge is 0.222 e. The number of aryl methyl sites for hydroxylation is 1. The molecular weight excluding hydrogens is 424 g/mol. The van der Waals surface area contributed by atoms with Crippen molar-refractivity contribution in [2.75, 3.05) is 0 Å². The zero-order chi connectivity index (χ0) is 19.4. The van der Waals surface area contributed by atoms with Crippen LogP contribution in [0.25, 0.3) is 11.4 Å². The Bertz CT molecular complexity index is 994. The Hall–Kier alpha value is -2.25. The van der Waals surface area contributed by atoms with Gasteiger partial charge in [-0.05, 0) is 49.8 Å². The Kier molecular flexibility index (Phi) is 6.23. The zero-order valence-electron chi connectivity index (χ0n) is 15.2. The zero-order valence-corrected chi connectivity index (χ0v) is 17.6. The average molecular weight is 445 g/mol. The van der Waals surface area contributed by atoms with Crippen LogP contribution in [0.2, 0.25) is 0 Å². The van der Waals surface area contributed by atoms with E-state index in [1.165, 1.54) is 0 Å². The summed E-state index contributed by atoms with van der Waals surface area (Å²) < 4.78 is 3.40. The molecular formula is C20H21BrN4OS. The lowest BCUT2D eigenvalue weighted by Gasteiger charge is -2.15. The predicted octanol–water partition coefficient (Wildman–Crippen LogP) is 4.95. The number of amides is 1. The summed E-state index contributed by atoms with van der Waals surface area (Å²) in [5.74, 6) is 0.723. The first-order valence-corrected chi connectivity index (χ1v) is 9.91. The minimum Gasteiger partial charge on any atom is -0.350 e. The van der Waals surface area contributed by atoms with Crippen molar-refractivity contribution >= 4 is 34.1 Å². The van der Waals surface area contributed by atoms with Crippen LogP contribution in [0, 0.1) is 11.7 Å². The van der Waals surface area contributed by atoms with Gasteiger partial charge in [0.1, 0.15) is 0 Å². The first kappa shape index (κ1) is 19.5. The third kappa shape index (κ3) is 4.93. The summed E-state index contributed by atoms with van der Waals surface area (Å²) in [4.78, 5) is 12.4. The highest BCUT2D eigenvalue weighted by Gasteiger charge is 2.13. The van der Waals surface area contributed by atoms with Gasteiger partial charge in [-0.25, -0.2) is 0 Å². The van der Waals surface area contributed by atoms with Crippen molar-refractivity contribution in [1.82, 2.24) is 20.1 Å². The second-order valence-electron chi connectivity index (χ2n) is 6.46. The molecule has 5 nitrogen and oxygen atoms in total. The Labute approximate surface area is 171 Å². The topological polar surface area (TPSA) is 62.7 Å². The van der Waals surface area contributed by atoms with E-state index in [1.807, 2.05) is 60.9 Å². The Morgan fingerprint density at radius 2 is 2.04 bits per heavy atom. The lowest BCUT2D eigenvalue weighted by Crippen LogP contribution is -2.27. The van der Waals surface area contributed by atoms with E-state index in [1.54, 1.807) is 0 Å². The van der Waals surface area contributed by atoms with Crippen LogP contribution in [0.3, 0.4) is 0 Å². The van der Waals surface area contributed by atoms with Gasteiger partial charge in [0.15, 0.2) is 10.6 Å². The minimum absolute atomic E-state index is 0.0243. The molecule has 3 aromatic rings. The highest BCUT2D eigenvalue weighted by molar-refractivity contribution is 9.10. The fraction of sp³-hybridized carbons (Fsp3) is 0.250. The number of aromatic nitrogens is 3. The number of aromatic amines is 1. The summed E-state index contributed by atoms with van der Waals surface area (Å²) in [5.41, 5.74) is 3.19. The van der Waals surface area contributed by atoms with Gasteiger partial charge in [-0.1, -0.05) is 51.8 Å². The van der Waals surface area contributed by atoms with E-state index in [0.717, 1.165) is 27.0 Å². The summed E-state index contributed by atoms with van der Waals surface area (Å²) in [6.45, 7) is 4.48. The number of carbonyl (C=O) groups is 1. The standard InChI is InChI=1S/C20H21BrN4OS/c1-13-4-3-5-16(12-13)19-23-24-20(27)25(19)11-10-18(26)22-14(2)15-6-8-17(21)9-7-15/h3-9,12,14H,10-11H2,1-2H3,(H,22,26)(H,24,27)/t14-/m0/s1. The fourth-order valence-corrected chi connectivity index (χ4v) is 3.38. The maximum Gasteiger partial charge on any atom is 0.222 e. The summed E-state index contributed by atoms with van der Waals surface area (Å²) >= 11 is 8.76. The van der Waals surface area contributed by atoms with Crippen molar-refractivity contribution in [2.45, 2.75) is 32.9 Å².